The second-order valence-corrected chi connectivity index (χ2v) is 5.05. The van der Waals surface area contributed by atoms with Gasteiger partial charge in [0, 0.05) is 6.61 Å². The Morgan fingerprint density at radius 1 is 1.25 bits per heavy atom. The van der Waals surface area contributed by atoms with Crippen molar-refractivity contribution < 1.29 is 23.6 Å². The molecular weight excluding hydrogens is 231 g/mol. The molecule has 0 aromatic heterocycles. The molecule has 1 unspecified atom stereocenters. The number of unbranched alkanes of at least 4 members (excludes halogenated alkanes) is 1. The Labute approximate surface area is 97.4 Å². The molecular formula is C10H23O5P. The van der Waals surface area contributed by atoms with Gasteiger partial charge in [-0.1, -0.05) is 33.1 Å². The summed E-state index contributed by atoms with van der Waals surface area (Å²) in [4.78, 5) is 16.8. The Balaban J connectivity index is 3.44. The van der Waals surface area contributed by atoms with Crippen LogP contribution in [-0.4, -0.2) is 29.6 Å². The Morgan fingerprint density at radius 3 is 2.44 bits per heavy atom. The summed E-state index contributed by atoms with van der Waals surface area (Å²) >= 11 is 0. The predicted octanol–water partition coefficient (Wildman–Crippen LogP) is 2.33. The molecule has 0 heterocycles. The Kier molecular flexibility index (Phi) is 9.18. The number of hydrogen-bond donors (Lipinski definition) is 2. The molecule has 0 aromatic rings. The van der Waals surface area contributed by atoms with Gasteiger partial charge in [-0.05, 0) is 12.3 Å². The zero-order valence-corrected chi connectivity index (χ0v) is 11.0. The first kappa shape index (κ1) is 16.1. The third-order valence-corrected chi connectivity index (χ3v) is 2.90. The lowest BCUT2D eigenvalue weighted by Gasteiger charge is -2.14. The molecule has 0 amide bonds. The van der Waals surface area contributed by atoms with Crippen LogP contribution in [0.15, 0.2) is 0 Å². The molecule has 1 atom stereocenters. The molecule has 16 heavy (non-hydrogen) atoms. The Morgan fingerprint density at radius 2 is 1.94 bits per heavy atom. The van der Waals surface area contributed by atoms with E-state index in [2.05, 4.69) is 18.4 Å². The van der Waals surface area contributed by atoms with Crippen molar-refractivity contribution in [3.05, 3.63) is 0 Å². The molecule has 98 valence electrons. The predicted molar refractivity (Wildman–Crippen MR) is 62.1 cm³/mol. The van der Waals surface area contributed by atoms with Crippen LogP contribution in [0.4, 0.5) is 0 Å². The van der Waals surface area contributed by atoms with Gasteiger partial charge >= 0.3 is 7.82 Å². The molecule has 0 radical (unpaired) electrons. The van der Waals surface area contributed by atoms with Gasteiger partial charge in [0.25, 0.3) is 0 Å². The lowest BCUT2D eigenvalue weighted by atomic mass is 10.0. The van der Waals surface area contributed by atoms with Gasteiger partial charge in [-0.25, -0.2) is 4.57 Å². The zero-order valence-electron chi connectivity index (χ0n) is 10.1. The standard InChI is InChI=1S/C10H23O5P/c1-3-5-6-10(4-2)9-14-7-8-15-16(11,12)13/h10H,3-9H2,1-2H3,(H2,11,12,13). The smallest absolute Gasteiger partial charge is 0.379 e. The highest BCUT2D eigenvalue weighted by atomic mass is 31.2. The third kappa shape index (κ3) is 10.6. The summed E-state index contributed by atoms with van der Waals surface area (Å²) in [5, 5.41) is 0. The third-order valence-electron chi connectivity index (χ3n) is 2.38. The molecule has 0 saturated carbocycles. The van der Waals surface area contributed by atoms with Crippen molar-refractivity contribution in [1.29, 1.82) is 0 Å². The molecule has 0 saturated heterocycles. The largest absolute Gasteiger partial charge is 0.469 e. The lowest BCUT2D eigenvalue weighted by Crippen LogP contribution is -2.12. The number of ether oxygens (including phenoxy) is 1. The molecule has 6 heteroatoms. The summed E-state index contributed by atoms with van der Waals surface area (Å²) < 4.78 is 19.9. The first-order valence-corrected chi connectivity index (χ1v) is 7.30. The molecule has 0 aromatic carbocycles. The summed E-state index contributed by atoms with van der Waals surface area (Å²) in [6.45, 7) is 5.08. The Bertz CT molecular complexity index is 203. The number of phosphoric ester groups is 1. The normalized spacial score (nSPS) is 14.0. The van der Waals surface area contributed by atoms with E-state index in [1.54, 1.807) is 0 Å². The average Bonchev–Trinajstić information content (AvgIpc) is 2.20. The quantitative estimate of drug-likeness (QED) is 0.462. The minimum absolute atomic E-state index is 0.0610. The van der Waals surface area contributed by atoms with E-state index in [1.165, 1.54) is 12.8 Å². The summed E-state index contributed by atoms with van der Waals surface area (Å²) in [5.74, 6) is 0.537. The van der Waals surface area contributed by atoms with Gasteiger partial charge in [-0.2, -0.15) is 0 Å². The fraction of sp³-hybridized carbons (Fsp3) is 1.00. The van der Waals surface area contributed by atoms with Crippen LogP contribution in [0, 0.1) is 5.92 Å². The first-order chi connectivity index (χ1) is 7.49. The monoisotopic (exact) mass is 254 g/mol. The lowest BCUT2D eigenvalue weighted by molar-refractivity contribution is 0.0607. The summed E-state index contributed by atoms with van der Waals surface area (Å²) in [6, 6.07) is 0. The van der Waals surface area contributed by atoms with Crippen molar-refractivity contribution in [2.75, 3.05) is 19.8 Å². The highest BCUT2D eigenvalue weighted by molar-refractivity contribution is 7.46. The molecule has 2 N–H and O–H groups in total. The second kappa shape index (κ2) is 9.14. The van der Waals surface area contributed by atoms with Crippen molar-refractivity contribution in [2.45, 2.75) is 39.5 Å². The molecule has 0 bridgehead atoms. The molecule has 0 fully saturated rings. The van der Waals surface area contributed by atoms with Gasteiger partial charge in [0.15, 0.2) is 0 Å². The second-order valence-electron chi connectivity index (χ2n) is 3.82. The molecule has 0 rings (SSSR count). The minimum Gasteiger partial charge on any atom is -0.379 e. The Hall–Kier alpha value is 0.0700. The highest BCUT2D eigenvalue weighted by Crippen LogP contribution is 2.35. The van der Waals surface area contributed by atoms with Crippen LogP contribution in [0.2, 0.25) is 0 Å². The van der Waals surface area contributed by atoms with E-state index in [1.807, 2.05) is 0 Å². The minimum atomic E-state index is -4.33. The zero-order chi connectivity index (χ0) is 12.4. The molecule has 0 spiro atoms. The van der Waals surface area contributed by atoms with Crippen molar-refractivity contribution in [3.63, 3.8) is 0 Å². The van der Waals surface area contributed by atoms with Crippen molar-refractivity contribution in [1.82, 2.24) is 0 Å². The fourth-order valence-electron chi connectivity index (χ4n) is 1.36. The van der Waals surface area contributed by atoms with Crippen LogP contribution in [0.25, 0.3) is 0 Å². The van der Waals surface area contributed by atoms with E-state index in [0.717, 1.165) is 12.8 Å². The number of phosphoric acid groups is 1. The molecule has 0 aliphatic rings. The van der Waals surface area contributed by atoms with E-state index in [9.17, 15) is 4.57 Å². The van der Waals surface area contributed by atoms with E-state index >= 15 is 0 Å². The summed E-state index contributed by atoms with van der Waals surface area (Å²) in [7, 11) is -4.33. The van der Waals surface area contributed by atoms with Crippen LogP contribution >= 0.6 is 7.82 Å². The van der Waals surface area contributed by atoms with Crippen LogP contribution in [-0.2, 0) is 13.8 Å². The van der Waals surface area contributed by atoms with E-state index in [0.29, 0.717) is 12.5 Å². The maximum Gasteiger partial charge on any atom is 0.469 e. The van der Waals surface area contributed by atoms with Gasteiger partial charge in [0.05, 0.1) is 13.2 Å². The number of hydrogen-bond acceptors (Lipinski definition) is 3. The average molecular weight is 254 g/mol. The van der Waals surface area contributed by atoms with Crippen LogP contribution < -0.4 is 0 Å². The van der Waals surface area contributed by atoms with Crippen LogP contribution in [0.1, 0.15) is 39.5 Å². The SMILES string of the molecule is CCCCC(CC)COCCOP(=O)(O)O. The number of rotatable bonds is 10. The van der Waals surface area contributed by atoms with Gasteiger partial charge in [0.1, 0.15) is 0 Å². The van der Waals surface area contributed by atoms with Gasteiger partial charge in [-0.15, -0.1) is 0 Å². The summed E-state index contributed by atoms with van der Waals surface area (Å²) in [5.41, 5.74) is 0. The van der Waals surface area contributed by atoms with Crippen LogP contribution in [0.5, 0.6) is 0 Å². The maximum absolute atomic E-state index is 10.3. The topological polar surface area (TPSA) is 76.0 Å². The fourth-order valence-corrected chi connectivity index (χ4v) is 1.68. The maximum atomic E-state index is 10.3. The van der Waals surface area contributed by atoms with Gasteiger partial charge < -0.3 is 14.5 Å². The van der Waals surface area contributed by atoms with E-state index < -0.39 is 7.82 Å². The first-order valence-electron chi connectivity index (χ1n) is 5.77. The summed E-state index contributed by atoms with van der Waals surface area (Å²) in [6.07, 6.45) is 4.59. The van der Waals surface area contributed by atoms with Crippen molar-refractivity contribution in [2.24, 2.45) is 5.92 Å². The van der Waals surface area contributed by atoms with Gasteiger partial charge in [0.2, 0.25) is 0 Å². The van der Waals surface area contributed by atoms with Gasteiger partial charge in [-0.3, -0.25) is 4.52 Å². The van der Waals surface area contributed by atoms with Crippen molar-refractivity contribution in [3.8, 4) is 0 Å². The van der Waals surface area contributed by atoms with E-state index in [-0.39, 0.29) is 13.2 Å². The van der Waals surface area contributed by atoms with Crippen molar-refractivity contribution >= 4 is 7.82 Å². The molecule has 5 nitrogen and oxygen atoms in total. The molecule has 0 aliphatic heterocycles. The molecule has 0 aliphatic carbocycles. The van der Waals surface area contributed by atoms with Crippen LogP contribution in [0.3, 0.4) is 0 Å². The van der Waals surface area contributed by atoms with E-state index in [4.69, 9.17) is 14.5 Å². The highest BCUT2D eigenvalue weighted by Gasteiger charge is 2.13.